The zero-order valence-corrected chi connectivity index (χ0v) is 10.5. The summed E-state index contributed by atoms with van der Waals surface area (Å²) in [6.07, 6.45) is 0. The molecule has 1 aromatic carbocycles. The van der Waals surface area contributed by atoms with Crippen LogP contribution in [0.25, 0.3) is 11.3 Å². The molecule has 7 heteroatoms. The Hall–Kier alpha value is -1.95. The molecule has 3 N–H and O–H groups in total. The van der Waals surface area contributed by atoms with E-state index in [4.69, 9.17) is 22.1 Å². The van der Waals surface area contributed by atoms with Crippen molar-refractivity contribution in [1.82, 2.24) is 9.78 Å². The Labute approximate surface area is 108 Å². The Morgan fingerprint density at radius 2 is 2.17 bits per heavy atom. The van der Waals surface area contributed by atoms with Crippen molar-refractivity contribution in [2.45, 2.75) is 0 Å². The van der Waals surface area contributed by atoms with Crippen molar-refractivity contribution in [3.8, 4) is 22.8 Å². The number of hydrogen-bond donors (Lipinski definition) is 2. The van der Waals surface area contributed by atoms with E-state index in [-0.39, 0.29) is 10.8 Å². The molecule has 0 amide bonds. The molecule has 0 atom stereocenters. The number of halogens is 2. The van der Waals surface area contributed by atoms with E-state index in [9.17, 15) is 9.50 Å². The highest BCUT2D eigenvalue weighted by Gasteiger charge is 2.20. The molecule has 0 saturated heterocycles. The molecular weight excluding hydrogens is 261 g/mol. The fourth-order valence-electron chi connectivity index (χ4n) is 1.59. The third kappa shape index (κ3) is 1.84. The van der Waals surface area contributed by atoms with Gasteiger partial charge in [-0.05, 0) is 6.07 Å². The normalized spacial score (nSPS) is 10.7. The molecule has 0 saturated carbocycles. The first-order chi connectivity index (χ1) is 8.45. The number of nitrogens with zero attached hydrogens (tertiary/aromatic N) is 2. The number of aryl methyl sites for hydroxylation is 1. The van der Waals surface area contributed by atoms with Crippen LogP contribution in [0.3, 0.4) is 0 Å². The highest BCUT2D eigenvalue weighted by atomic mass is 35.5. The Morgan fingerprint density at radius 1 is 1.50 bits per heavy atom. The van der Waals surface area contributed by atoms with Crippen LogP contribution in [-0.4, -0.2) is 22.0 Å². The third-order valence-electron chi connectivity index (χ3n) is 2.55. The molecule has 1 heterocycles. The van der Waals surface area contributed by atoms with E-state index in [1.54, 1.807) is 13.1 Å². The summed E-state index contributed by atoms with van der Waals surface area (Å²) < 4.78 is 20.2. The van der Waals surface area contributed by atoms with Crippen LogP contribution in [0.5, 0.6) is 11.5 Å². The second-order valence-electron chi connectivity index (χ2n) is 3.68. The first-order valence-corrected chi connectivity index (χ1v) is 5.38. The summed E-state index contributed by atoms with van der Waals surface area (Å²) in [7, 11) is 2.95. The lowest BCUT2D eigenvalue weighted by atomic mass is 10.1. The molecule has 1 aromatic heterocycles. The highest BCUT2D eigenvalue weighted by molar-refractivity contribution is 6.32. The number of nitrogen functional groups attached to an aromatic ring is 1. The SMILES string of the molecule is COc1c(-c2cc(N)n(C)n2)cc(Cl)c(O)c1F. The maximum absolute atomic E-state index is 13.8. The Kier molecular flexibility index (Phi) is 3.04. The van der Waals surface area contributed by atoms with Gasteiger partial charge in [-0.25, -0.2) is 0 Å². The van der Waals surface area contributed by atoms with Gasteiger partial charge in [-0.2, -0.15) is 9.49 Å². The Balaban J connectivity index is 2.70. The molecule has 5 nitrogen and oxygen atoms in total. The van der Waals surface area contributed by atoms with Crippen LogP contribution >= 0.6 is 11.6 Å². The highest BCUT2D eigenvalue weighted by Crippen LogP contribution is 2.41. The summed E-state index contributed by atoms with van der Waals surface area (Å²) in [5, 5.41) is 13.4. The van der Waals surface area contributed by atoms with E-state index in [2.05, 4.69) is 5.10 Å². The van der Waals surface area contributed by atoms with E-state index in [0.717, 1.165) is 0 Å². The molecule has 96 valence electrons. The monoisotopic (exact) mass is 271 g/mol. The number of phenols is 1. The average Bonchev–Trinajstić information content (AvgIpc) is 2.66. The maximum atomic E-state index is 13.8. The van der Waals surface area contributed by atoms with Gasteiger partial charge in [0.1, 0.15) is 5.82 Å². The van der Waals surface area contributed by atoms with Crippen LogP contribution in [0.2, 0.25) is 5.02 Å². The fourth-order valence-corrected chi connectivity index (χ4v) is 1.79. The van der Waals surface area contributed by atoms with Gasteiger partial charge in [-0.15, -0.1) is 0 Å². The van der Waals surface area contributed by atoms with E-state index in [0.29, 0.717) is 17.1 Å². The van der Waals surface area contributed by atoms with Crippen LogP contribution in [0.1, 0.15) is 0 Å². The van der Waals surface area contributed by atoms with Crippen LogP contribution in [-0.2, 0) is 7.05 Å². The number of phenolic OH excluding ortho intramolecular Hbond substituents is 1. The first kappa shape index (κ1) is 12.5. The van der Waals surface area contributed by atoms with Crippen molar-refractivity contribution in [3.05, 3.63) is 23.0 Å². The summed E-state index contributed by atoms with van der Waals surface area (Å²) in [5.41, 5.74) is 6.39. The maximum Gasteiger partial charge on any atom is 0.208 e. The molecule has 0 bridgehead atoms. The number of ether oxygens (including phenoxy) is 1. The minimum Gasteiger partial charge on any atom is -0.504 e. The molecule has 0 unspecified atom stereocenters. The number of anilines is 1. The standard InChI is InChI=1S/C11H11ClFN3O2/c1-16-8(14)4-7(15-16)5-3-6(12)10(17)9(13)11(5)18-2/h3-4,17H,14H2,1-2H3. The third-order valence-corrected chi connectivity index (χ3v) is 2.83. The van der Waals surface area contributed by atoms with Crippen LogP contribution in [0.4, 0.5) is 10.2 Å². The minimum absolute atomic E-state index is 0.118. The largest absolute Gasteiger partial charge is 0.504 e. The molecule has 0 aliphatic rings. The lowest BCUT2D eigenvalue weighted by molar-refractivity contribution is 0.366. The van der Waals surface area contributed by atoms with Gasteiger partial charge in [-0.3, -0.25) is 4.68 Å². The van der Waals surface area contributed by atoms with Crippen molar-refractivity contribution >= 4 is 17.4 Å². The van der Waals surface area contributed by atoms with Crippen LogP contribution in [0, 0.1) is 5.82 Å². The number of aromatic hydroxyl groups is 1. The second-order valence-corrected chi connectivity index (χ2v) is 4.09. The Bertz CT molecular complexity index is 593. The molecule has 0 aliphatic carbocycles. The average molecular weight is 272 g/mol. The van der Waals surface area contributed by atoms with Crippen molar-refractivity contribution in [2.75, 3.05) is 12.8 Å². The van der Waals surface area contributed by atoms with Crippen LogP contribution in [0.15, 0.2) is 12.1 Å². The zero-order chi connectivity index (χ0) is 13.4. The van der Waals surface area contributed by atoms with Crippen molar-refractivity contribution in [2.24, 2.45) is 7.05 Å². The van der Waals surface area contributed by atoms with Gasteiger partial charge in [0.05, 0.1) is 17.8 Å². The summed E-state index contributed by atoms with van der Waals surface area (Å²) >= 11 is 5.73. The lowest BCUT2D eigenvalue weighted by Gasteiger charge is -2.10. The van der Waals surface area contributed by atoms with E-state index in [1.165, 1.54) is 17.9 Å². The van der Waals surface area contributed by atoms with E-state index in [1.807, 2.05) is 0 Å². The summed E-state index contributed by atoms with van der Waals surface area (Å²) in [6, 6.07) is 2.94. The molecule has 2 rings (SSSR count). The smallest absolute Gasteiger partial charge is 0.208 e. The Morgan fingerprint density at radius 3 is 2.67 bits per heavy atom. The summed E-state index contributed by atoms with van der Waals surface area (Å²) in [4.78, 5) is 0. The molecule has 2 aromatic rings. The predicted molar refractivity (Wildman–Crippen MR) is 66.2 cm³/mol. The molecule has 0 spiro atoms. The van der Waals surface area contributed by atoms with Gasteiger partial charge in [0.15, 0.2) is 11.5 Å². The number of aromatic nitrogens is 2. The van der Waals surface area contributed by atoms with Gasteiger partial charge in [-0.1, -0.05) is 11.6 Å². The second kappa shape index (κ2) is 4.38. The zero-order valence-electron chi connectivity index (χ0n) is 9.74. The molecule has 0 radical (unpaired) electrons. The van der Waals surface area contributed by atoms with E-state index < -0.39 is 11.6 Å². The van der Waals surface area contributed by atoms with E-state index >= 15 is 0 Å². The number of rotatable bonds is 2. The van der Waals surface area contributed by atoms with Crippen LogP contribution < -0.4 is 10.5 Å². The predicted octanol–water partition coefficient (Wildman–Crippen LogP) is 2.18. The molecular formula is C11H11ClFN3O2. The summed E-state index contributed by atoms with van der Waals surface area (Å²) in [6.45, 7) is 0. The number of nitrogens with two attached hydrogens (primary N) is 1. The van der Waals surface area contributed by atoms with Crippen molar-refractivity contribution in [1.29, 1.82) is 0 Å². The lowest BCUT2D eigenvalue weighted by Crippen LogP contribution is -1.97. The van der Waals surface area contributed by atoms with Gasteiger partial charge >= 0.3 is 0 Å². The van der Waals surface area contributed by atoms with Gasteiger partial charge < -0.3 is 15.6 Å². The number of benzene rings is 1. The summed E-state index contributed by atoms with van der Waals surface area (Å²) in [5.74, 6) is -1.29. The van der Waals surface area contributed by atoms with Gasteiger partial charge in [0, 0.05) is 18.7 Å². The number of hydrogen-bond acceptors (Lipinski definition) is 4. The van der Waals surface area contributed by atoms with Crippen molar-refractivity contribution < 1.29 is 14.2 Å². The first-order valence-electron chi connectivity index (χ1n) is 5.00. The van der Waals surface area contributed by atoms with Crippen molar-refractivity contribution in [3.63, 3.8) is 0 Å². The van der Waals surface area contributed by atoms with Gasteiger partial charge in [0.2, 0.25) is 5.82 Å². The number of methoxy groups -OCH3 is 1. The molecule has 0 aliphatic heterocycles. The molecule has 18 heavy (non-hydrogen) atoms. The van der Waals surface area contributed by atoms with Gasteiger partial charge in [0.25, 0.3) is 0 Å². The topological polar surface area (TPSA) is 73.3 Å². The quantitative estimate of drug-likeness (QED) is 0.878. The fraction of sp³-hybridized carbons (Fsp3) is 0.182. The molecule has 0 fully saturated rings. The minimum atomic E-state index is -0.927.